The van der Waals surface area contributed by atoms with Gasteiger partial charge in [-0.2, -0.15) is 0 Å². The van der Waals surface area contributed by atoms with E-state index in [-0.39, 0.29) is 66.4 Å². The lowest BCUT2D eigenvalue weighted by Crippen LogP contribution is -2.63. The first-order valence-electron chi connectivity index (χ1n) is 21.1. The van der Waals surface area contributed by atoms with E-state index in [0.29, 0.717) is 55.1 Å². The van der Waals surface area contributed by atoms with Crippen molar-refractivity contribution in [2.45, 2.75) is 175 Å². The molecular weight excluding hydrogens is 644 g/mol. The van der Waals surface area contributed by atoms with E-state index in [2.05, 4.69) is 34.6 Å². The molecule has 11 atom stereocenters. The minimum atomic E-state index is -0.224. The Kier molecular flexibility index (Phi) is 16.6. The van der Waals surface area contributed by atoms with Gasteiger partial charge in [0, 0.05) is 31.5 Å². The van der Waals surface area contributed by atoms with Gasteiger partial charge in [0.2, 0.25) is 0 Å². The summed E-state index contributed by atoms with van der Waals surface area (Å²) in [5.74, 6) is 1.53. The van der Waals surface area contributed by atoms with E-state index in [9.17, 15) is 14.4 Å². The van der Waals surface area contributed by atoms with E-state index in [1.165, 1.54) is 25.7 Å². The Hall–Kier alpha value is -1.71. The number of ether oxygens (including phenoxy) is 4. The highest BCUT2D eigenvalue weighted by Gasteiger charge is 2.67. The molecule has 294 valence electrons. The summed E-state index contributed by atoms with van der Waals surface area (Å²) in [4.78, 5) is 38.5. The highest BCUT2D eigenvalue weighted by atomic mass is 16.6. The Morgan fingerprint density at radius 1 is 0.745 bits per heavy atom. The Labute approximate surface area is 309 Å². The van der Waals surface area contributed by atoms with Gasteiger partial charge in [-0.1, -0.05) is 73.1 Å². The van der Waals surface area contributed by atoms with Crippen molar-refractivity contribution in [1.29, 1.82) is 0 Å². The van der Waals surface area contributed by atoms with Crippen LogP contribution in [-0.4, -0.2) is 62.5 Å². The number of esters is 3. The lowest BCUT2D eigenvalue weighted by Gasteiger charge is -2.64. The van der Waals surface area contributed by atoms with Crippen molar-refractivity contribution in [3.05, 3.63) is 0 Å². The molecule has 4 saturated carbocycles. The van der Waals surface area contributed by atoms with Crippen LogP contribution in [-0.2, 0) is 33.3 Å². The minimum absolute atomic E-state index is 0.0371. The van der Waals surface area contributed by atoms with Crippen molar-refractivity contribution in [3.63, 3.8) is 0 Å². The van der Waals surface area contributed by atoms with E-state index in [1.807, 2.05) is 0 Å². The Bertz CT molecular complexity index is 1100. The summed E-state index contributed by atoms with van der Waals surface area (Å²) in [5.41, 5.74) is 11.3. The standard InChI is InChI=1S/C42H74N2O7/c1-6-8-10-11-12-13-25-49-37(45)17-14-29(3)32-15-16-33-40-34(28-36(42(32,33)5)51-39(47)20-23-44)41(4)21-18-31(50-38(46)19-22-43)26-30(41)27-35(40)48-24-9-7-2/h29-36,40H,6-28,43-44H2,1-5H3/t29-,30+,31-,32-,33+,34+,35-,36+,40+,41+,42-/m1/s1. The van der Waals surface area contributed by atoms with Crippen LogP contribution >= 0.6 is 0 Å². The quantitative estimate of drug-likeness (QED) is 0.0689. The van der Waals surface area contributed by atoms with Gasteiger partial charge in [0.25, 0.3) is 0 Å². The molecule has 0 aromatic carbocycles. The van der Waals surface area contributed by atoms with Crippen molar-refractivity contribution in [3.8, 4) is 0 Å². The molecule has 0 saturated heterocycles. The van der Waals surface area contributed by atoms with E-state index in [1.54, 1.807) is 0 Å². The molecule has 0 aromatic rings. The van der Waals surface area contributed by atoms with Crippen LogP contribution in [0.2, 0.25) is 0 Å². The fraction of sp³-hybridized carbons (Fsp3) is 0.929. The molecule has 9 nitrogen and oxygen atoms in total. The van der Waals surface area contributed by atoms with Crippen LogP contribution in [0, 0.1) is 46.3 Å². The summed E-state index contributed by atoms with van der Waals surface area (Å²) in [6.07, 6.45) is 17.2. The second-order valence-electron chi connectivity index (χ2n) is 17.2. The number of carbonyl (C=O) groups excluding carboxylic acids is 3. The second-order valence-corrected chi connectivity index (χ2v) is 17.2. The molecule has 4 fully saturated rings. The molecule has 0 radical (unpaired) electrons. The fourth-order valence-electron chi connectivity index (χ4n) is 11.3. The van der Waals surface area contributed by atoms with Crippen LogP contribution in [0.25, 0.3) is 0 Å². The molecule has 0 aliphatic heterocycles. The second kappa shape index (κ2) is 20.1. The molecule has 0 heterocycles. The average Bonchev–Trinajstić information content (AvgIpc) is 3.46. The predicted molar refractivity (Wildman–Crippen MR) is 200 cm³/mol. The summed E-state index contributed by atoms with van der Waals surface area (Å²) in [5, 5.41) is 0. The molecule has 0 unspecified atom stereocenters. The maximum absolute atomic E-state index is 13.2. The monoisotopic (exact) mass is 719 g/mol. The lowest BCUT2D eigenvalue weighted by atomic mass is 9.43. The lowest BCUT2D eigenvalue weighted by molar-refractivity contribution is -0.226. The van der Waals surface area contributed by atoms with Gasteiger partial charge >= 0.3 is 17.9 Å². The maximum atomic E-state index is 13.2. The molecule has 0 aromatic heterocycles. The van der Waals surface area contributed by atoms with Gasteiger partial charge < -0.3 is 30.4 Å². The Morgan fingerprint density at radius 3 is 2.14 bits per heavy atom. The first-order valence-corrected chi connectivity index (χ1v) is 21.1. The smallest absolute Gasteiger partial charge is 0.307 e. The summed E-state index contributed by atoms with van der Waals surface area (Å²) in [6.45, 7) is 13.4. The number of carbonyl (C=O) groups is 3. The normalized spacial score (nSPS) is 34.9. The van der Waals surface area contributed by atoms with E-state index < -0.39 is 0 Å². The van der Waals surface area contributed by atoms with Crippen LogP contribution < -0.4 is 11.5 Å². The molecule has 4 N–H and O–H groups in total. The van der Waals surface area contributed by atoms with Crippen LogP contribution in [0.3, 0.4) is 0 Å². The number of hydrogen-bond acceptors (Lipinski definition) is 9. The van der Waals surface area contributed by atoms with Gasteiger partial charge in [0.15, 0.2) is 0 Å². The minimum Gasteiger partial charge on any atom is -0.466 e. The maximum Gasteiger partial charge on any atom is 0.307 e. The van der Waals surface area contributed by atoms with Gasteiger partial charge in [-0.05, 0) is 105 Å². The zero-order valence-corrected chi connectivity index (χ0v) is 33.0. The molecule has 4 rings (SSSR count). The van der Waals surface area contributed by atoms with Crippen LogP contribution in [0.4, 0.5) is 0 Å². The van der Waals surface area contributed by atoms with Crippen LogP contribution in [0.5, 0.6) is 0 Å². The highest BCUT2D eigenvalue weighted by molar-refractivity contribution is 5.70. The SMILES string of the molecule is CCCCCCCCOC(=O)CC[C@@H](C)[C@H]1CC[C@H]2[C@@H]3[C@H](OCCCC)C[C@@H]4C[C@H](OC(=O)CCN)CC[C@]4(C)[C@H]3C[C@H](OC(=O)CCN)[C@]12C. The van der Waals surface area contributed by atoms with E-state index in [0.717, 1.165) is 83.7 Å². The van der Waals surface area contributed by atoms with Gasteiger partial charge in [-0.15, -0.1) is 0 Å². The van der Waals surface area contributed by atoms with Gasteiger partial charge in [-0.3, -0.25) is 14.4 Å². The van der Waals surface area contributed by atoms with Crippen LogP contribution in [0.15, 0.2) is 0 Å². The molecule has 0 amide bonds. The Balaban J connectivity index is 1.53. The van der Waals surface area contributed by atoms with Gasteiger partial charge in [0.1, 0.15) is 12.2 Å². The molecule has 4 aliphatic carbocycles. The zero-order valence-electron chi connectivity index (χ0n) is 33.0. The van der Waals surface area contributed by atoms with Crippen LogP contribution in [0.1, 0.15) is 157 Å². The molecule has 51 heavy (non-hydrogen) atoms. The largest absolute Gasteiger partial charge is 0.466 e. The average molecular weight is 719 g/mol. The number of unbranched alkanes of at least 4 members (excludes halogenated alkanes) is 6. The number of fused-ring (bicyclic) bond motifs is 5. The van der Waals surface area contributed by atoms with Gasteiger partial charge in [0.05, 0.1) is 25.6 Å². The summed E-state index contributed by atoms with van der Waals surface area (Å²) in [7, 11) is 0. The third-order valence-electron chi connectivity index (χ3n) is 14.1. The van der Waals surface area contributed by atoms with Crippen molar-refractivity contribution in [1.82, 2.24) is 0 Å². The number of hydrogen-bond donors (Lipinski definition) is 2. The summed E-state index contributed by atoms with van der Waals surface area (Å²) in [6, 6.07) is 0. The topological polar surface area (TPSA) is 140 Å². The molecule has 0 bridgehead atoms. The summed E-state index contributed by atoms with van der Waals surface area (Å²) < 4.78 is 25.0. The number of rotatable bonds is 21. The first-order chi connectivity index (χ1) is 24.5. The third-order valence-corrected chi connectivity index (χ3v) is 14.1. The van der Waals surface area contributed by atoms with Gasteiger partial charge in [-0.25, -0.2) is 0 Å². The fourth-order valence-corrected chi connectivity index (χ4v) is 11.3. The highest BCUT2D eigenvalue weighted by Crippen LogP contribution is 2.69. The van der Waals surface area contributed by atoms with Crippen molar-refractivity contribution in [2.75, 3.05) is 26.3 Å². The summed E-state index contributed by atoms with van der Waals surface area (Å²) >= 11 is 0. The molecule has 9 heteroatoms. The predicted octanol–water partition coefficient (Wildman–Crippen LogP) is 7.89. The third kappa shape index (κ3) is 10.3. The van der Waals surface area contributed by atoms with E-state index >= 15 is 0 Å². The van der Waals surface area contributed by atoms with Crippen molar-refractivity contribution in [2.24, 2.45) is 57.8 Å². The number of nitrogens with two attached hydrogens (primary N) is 2. The molecule has 4 aliphatic rings. The molecule has 0 spiro atoms. The Morgan fingerprint density at radius 2 is 1.43 bits per heavy atom. The van der Waals surface area contributed by atoms with E-state index in [4.69, 9.17) is 30.4 Å². The zero-order chi connectivity index (χ0) is 37.0. The van der Waals surface area contributed by atoms with Crippen molar-refractivity contribution >= 4 is 17.9 Å². The van der Waals surface area contributed by atoms with Crippen molar-refractivity contribution < 1.29 is 33.3 Å². The molecular formula is C42H74N2O7. The first kappa shape index (κ1) is 42.0.